The molecule has 0 aliphatic rings. The summed E-state index contributed by atoms with van der Waals surface area (Å²) in [5.41, 5.74) is 16.8. The molecule has 5 heteroatoms. The number of para-hydroxylation sites is 3. The summed E-state index contributed by atoms with van der Waals surface area (Å²) in [4.78, 5) is 15.3. The number of nitrogens with zero attached hydrogens (tertiary/aromatic N) is 4. The van der Waals surface area contributed by atoms with Gasteiger partial charge in [-0.25, -0.2) is 15.0 Å². The Balaban J connectivity index is 0.929. The molecule has 3 heterocycles. The normalized spacial score (nSPS) is 11.5. The molecular weight excluding hydrogens is 829 g/mol. The third-order valence-electron chi connectivity index (χ3n) is 13.0. The van der Waals surface area contributed by atoms with Crippen LogP contribution in [0.3, 0.4) is 0 Å². The van der Waals surface area contributed by atoms with Gasteiger partial charge in [-0.05, 0) is 105 Å². The van der Waals surface area contributed by atoms with Crippen molar-refractivity contribution >= 4 is 43.7 Å². The summed E-state index contributed by atoms with van der Waals surface area (Å²) in [6, 6.07) is 85.6. The lowest BCUT2D eigenvalue weighted by molar-refractivity contribution is 0.669. The third-order valence-corrected chi connectivity index (χ3v) is 13.0. The molecule has 0 N–H and O–H groups in total. The molecular formula is C63H40N4O. The van der Waals surface area contributed by atoms with Crippen LogP contribution in [-0.2, 0) is 0 Å². The molecule has 13 rings (SSSR count). The topological polar surface area (TPSA) is 56.7 Å². The van der Waals surface area contributed by atoms with Gasteiger partial charge in [-0.15, -0.1) is 0 Å². The molecule has 0 fully saturated rings. The first kappa shape index (κ1) is 39.2. The standard InChI is InChI=1S/C63H40N4O/c1-4-17-41(18-5-1)48-36-49(42-19-6-2-7-20-42)38-50(37-48)46-33-34-53-52-27-10-12-31-57(52)67(58(53)40-46)51-26-15-24-45(39-51)44-23-14-25-47(35-44)62-64-61(43-21-8-3-9-22-43)65-63(66-62)56-30-16-29-55-54-28-11-13-32-59(54)68-60(55)56/h1-40H. The molecule has 0 bridgehead atoms. The van der Waals surface area contributed by atoms with Crippen molar-refractivity contribution in [3.05, 3.63) is 243 Å². The molecule has 0 saturated heterocycles. The summed E-state index contributed by atoms with van der Waals surface area (Å²) >= 11 is 0. The number of aromatic nitrogens is 4. The van der Waals surface area contributed by atoms with Gasteiger partial charge in [0.25, 0.3) is 0 Å². The Bertz CT molecular complexity index is 3970. The largest absolute Gasteiger partial charge is 0.455 e. The van der Waals surface area contributed by atoms with Crippen molar-refractivity contribution in [2.45, 2.75) is 0 Å². The predicted molar refractivity (Wildman–Crippen MR) is 279 cm³/mol. The first-order valence-electron chi connectivity index (χ1n) is 22.9. The van der Waals surface area contributed by atoms with E-state index in [1.807, 2.05) is 60.7 Å². The number of hydrogen-bond donors (Lipinski definition) is 0. The lowest BCUT2D eigenvalue weighted by atomic mass is 9.93. The van der Waals surface area contributed by atoms with Gasteiger partial charge in [0.15, 0.2) is 17.5 Å². The van der Waals surface area contributed by atoms with Crippen LogP contribution in [0.25, 0.3) is 128 Å². The molecule has 0 unspecified atom stereocenters. The van der Waals surface area contributed by atoms with Crippen molar-refractivity contribution in [1.29, 1.82) is 0 Å². The highest BCUT2D eigenvalue weighted by Gasteiger charge is 2.19. The molecule has 0 spiro atoms. The summed E-state index contributed by atoms with van der Waals surface area (Å²) < 4.78 is 8.88. The van der Waals surface area contributed by atoms with Gasteiger partial charge in [-0.3, -0.25) is 0 Å². The number of rotatable bonds is 8. The van der Waals surface area contributed by atoms with Crippen molar-refractivity contribution in [2.75, 3.05) is 0 Å². The lowest BCUT2D eigenvalue weighted by Crippen LogP contribution is -2.00. The maximum absolute atomic E-state index is 6.47. The van der Waals surface area contributed by atoms with Crippen molar-refractivity contribution in [2.24, 2.45) is 0 Å². The average Bonchev–Trinajstić information content (AvgIpc) is 3.97. The monoisotopic (exact) mass is 868 g/mol. The van der Waals surface area contributed by atoms with Crippen molar-refractivity contribution in [3.8, 4) is 84.4 Å². The minimum atomic E-state index is 0.555. The first-order valence-corrected chi connectivity index (χ1v) is 22.9. The second-order valence-electron chi connectivity index (χ2n) is 17.2. The summed E-state index contributed by atoms with van der Waals surface area (Å²) in [5.74, 6) is 1.74. The molecule has 3 aromatic heterocycles. The van der Waals surface area contributed by atoms with Gasteiger partial charge in [0.2, 0.25) is 0 Å². The highest BCUT2D eigenvalue weighted by atomic mass is 16.3. The molecule has 0 radical (unpaired) electrons. The highest BCUT2D eigenvalue weighted by molar-refractivity contribution is 6.11. The Morgan fingerprint density at radius 1 is 0.279 bits per heavy atom. The van der Waals surface area contributed by atoms with E-state index >= 15 is 0 Å². The number of benzene rings is 10. The summed E-state index contributed by atoms with van der Waals surface area (Å²) in [7, 11) is 0. The van der Waals surface area contributed by atoms with Gasteiger partial charge in [-0.1, -0.05) is 182 Å². The molecule has 13 aromatic rings. The molecule has 10 aromatic carbocycles. The van der Waals surface area contributed by atoms with E-state index in [-0.39, 0.29) is 0 Å². The van der Waals surface area contributed by atoms with E-state index in [9.17, 15) is 0 Å². The van der Waals surface area contributed by atoms with Crippen molar-refractivity contribution < 1.29 is 4.42 Å². The van der Waals surface area contributed by atoms with Gasteiger partial charge in [0, 0.05) is 38.4 Å². The lowest BCUT2D eigenvalue weighted by Gasteiger charge is -2.13. The smallest absolute Gasteiger partial charge is 0.167 e. The summed E-state index contributed by atoms with van der Waals surface area (Å²) in [5, 5.41) is 4.50. The van der Waals surface area contributed by atoms with Crippen molar-refractivity contribution in [3.63, 3.8) is 0 Å². The molecule has 0 amide bonds. The van der Waals surface area contributed by atoms with E-state index in [0.29, 0.717) is 17.5 Å². The number of fused-ring (bicyclic) bond motifs is 6. The first-order chi connectivity index (χ1) is 33.7. The predicted octanol–water partition coefficient (Wildman–Crippen LogP) is 16.5. The van der Waals surface area contributed by atoms with Crippen LogP contribution in [0.15, 0.2) is 247 Å². The van der Waals surface area contributed by atoms with Gasteiger partial charge in [0.1, 0.15) is 11.2 Å². The van der Waals surface area contributed by atoms with Crippen LogP contribution < -0.4 is 0 Å². The quantitative estimate of drug-likeness (QED) is 0.153. The third kappa shape index (κ3) is 6.93. The van der Waals surface area contributed by atoms with Gasteiger partial charge in [-0.2, -0.15) is 0 Å². The molecule has 0 aliphatic heterocycles. The SMILES string of the molecule is c1ccc(-c2cc(-c3ccccc3)cc(-c3ccc4c5ccccc5n(-c5cccc(-c6cccc(-c7nc(-c8ccccc8)nc(-c8cccc9c8oc8ccccc89)n7)c6)c5)c4c3)c2)cc1. The van der Waals surface area contributed by atoms with Crippen LogP contribution in [0.1, 0.15) is 0 Å². The fraction of sp³-hybridized carbons (Fsp3) is 0. The van der Waals surface area contributed by atoms with E-state index in [4.69, 9.17) is 19.4 Å². The average molecular weight is 869 g/mol. The Labute approximate surface area is 392 Å². The zero-order valence-electron chi connectivity index (χ0n) is 36.8. The van der Waals surface area contributed by atoms with E-state index in [0.717, 1.165) is 72.0 Å². The fourth-order valence-corrected chi connectivity index (χ4v) is 9.74. The van der Waals surface area contributed by atoms with Gasteiger partial charge in [0.05, 0.1) is 16.6 Å². The number of hydrogen-bond acceptors (Lipinski definition) is 4. The van der Waals surface area contributed by atoms with E-state index in [1.54, 1.807) is 0 Å². The maximum Gasteiger partial charge on any atom is 0.167 e. The Hall–Kier alpha value is -9.19. The highest BCUT2D eigenvalue weighted by Crippen LogP contribution is 2.40. The maximum atomic E-state index is 6.47. The zero-order valence-corrected chi connectivity index (χ0v) is 36.8. The van der Waals surface area contributed by atoms with Crippen LogP contribution in [0.2, 0.25) is 0 Å². The zero-order chi connectivity index (χ0) is 45.0. The van der Waals surface area contributed by atoms with E-state index in [2.05, 4.69) is 187 Å². The van der Waals surface area contributed by atoms with Crippen LogP contribution >= 0.6 is 0 Å². The molecule has 0 saturated carbocycles. The minimum absolute atomic E-state index is 0.555. The summed E-state index contributed by atoms with van der Waals surface area (Å²) in [6.45, 7) is 0. The molecule has 68 heavy (non-hydrogen) atoms. The second-order valence-corrected chi connectivity index (χ2v) is 17.2. The van der Waals surface area contributed by atoms with Crippen LogP contribution in [0.4, 0.5) is 0 Å². The molecule has 318 valence electrons. The van der Waals surface area contributed by atoms with Gasteiger partial charge < -0.3 is 8.98 Å². The Morgan fingerprint density at radius 3 is 1.50 bits per heavy atom. The fourth-order valence-electron chi connectivity index (χ4n) is 9.74. The minimum Gasteiger partial charge on any atom is -0.455 e. The van der Waals surface area contributed by atoms with E-state index in [1.165, 1.54) is 38.6 Å². The molecule has 0 atom stereocenters. The van der Waals surface area contributed by atoms with Crippen LogP contribution in [-0.4, -0.2) is 19.5 Å². The van der Waals surface area contributed by atoms with Crippen LogP contribution in [0.5, 0.6) is 0 Å². The Morgan fingerprint density at radius 2 is 0.765 bits per heavy atom. The van der Waals surface area contributed by atoms with Crippen molar-refractivity contribution in [1.82, 2.24) is 19.5 Å². The van der Waals surface area contributed by atoms with E-state index < -0.39 is 0 Å². The van der Waals surface area contributed by atoms with Gasteiger partial charge >= 0.3 is 0 Å². The van der Waals surface area contributed by atoms with Crippen LogP contribution in [0, 0.1) is 0 Å². The Kier molecular flexibility index (Phi) is 9.43. The number of furan rings is 1. The summed E-state index contributed by atoms with van der Waals surface area (Å²) in [6.07, 6.45) is 0. The molecule has 5 nitrogen and oxygen atoms in total. The molecule has 0 aliphatic carbocycles. The second kappa shape index (κ2) is 16.4.